The van der Waals surface area contributed by atoms with Gasteiger partial charge in [0.2, 0.25) is 0 Å². The fourth-order valence-corrected chi connectivity index (χ4v) is 3.65. The van der Waals surface area contributed by atoms with Crippen LogP contribution >= 0.6 is 11.8 Å². The standard InChI is InChI=1S/C21H25N3O2S/c1-4-25-13-14-27-21-23-22-19(24(21)18-11-6-5-7-12-18)15-26-20-16(2)9-8-10-17(20)3/h5-12H,4,13-15H2,1-3H3. The summed E-state index contributed by atoms with van der Waals surface area (Å²) in [5.41, 5.74) is 3.26. The van der Waals surface area contributed by atoms with Crippen molar-refractivity contribution in [2.45, 2.75) is 32.5 Å². The van der Waals surface area contributed by atoms with Crippen LogP contribution in [0.4, 0.5) is 0 Å². The number of rotatable bonds is 9. The molecule has 0 saturated carbocycles. The van der Waals surface area contributed by atoms with E-state index in [-0.39, 0.29) is 0 Å². The molecule has 0 fully saturated rings. The maximum Gasteiger partial charge on any atom is 0.196 e. The first-order valence-electron chi connectivity index (χ1n) is 9.10. The van der Waals surface area contributed by atoms with E-state index >= 15 is 0 Å². The zero-order valence-electron chi connectivity index (χ0n) is 16.0. The lowest BCUT2D eigenvalue weighted by Gasteiger charge is -2.13. The van der Waals surface area contributed by atoms with Crippen molar-refractivity contribution in [2.75, 3.05) is 19.0 Å². The summed E-state index contributed by atoms with van der Waals surface area (Å²) in [5, 5.41) is 9.63. The molecule has 2 aromatic carbocycles. The molecule has 0 N–H and O–H groups in total. The number of para-hydroxylation sites is 2. The molecule has 0 bridgehead atoms. The molecule has 0 spiro atoms. The van der Waals surface area contributed by atoms with E-state index in [1.807, 2.05) is 31.2 Å². The molecule has 3 aromatic rings. The molecule has 0 unspecified atom stereocenters. The summed E-state index contributed by atoms with van der Waals surface area (Å²) < 4.78 is 13.6. The Morgan fingerprint density at radius 3 is 2.41 bits per heavy atom. The minimum Gasteiger partial charge on any atom is -0.485 e. The third-order valence-electron chi connectivity index (χ3n) is 4.13. The number of aromatic nitrogens is 3. The first-order chi connectivity index (χ1) is 13.2. The number of aryl methyl sites for hydroxylation is 2. The Balaban J connectivity index is 1.83. The zero-order chi connectivity index (χ0) is 19.1. The molecule has 0 aliphatic rings. The van der Waals surface area contributed by atoms with Gasteiger partial charge in [-0.3, -0.25) is 4.57 Å². The molecular formula is C21H25N3O2S. The highest BCUT2D eigenvalue weighted by Gasteiger charge is 2.15. The summed E-state index contributed by atoms with van der Waals surface area (Å²) in [7, 11) is 0. The molecule has 5 nitrogen and oxygen atoms in total. The van der Waals surface area contributed by atoms with Crippen LogP contribution in [0.3, 0.4) is 0 Å². The van der Waals surface area contributed by atoms with Gasteiger partial charge in [0, 0.05) is 18.0 Å². The predicted octanol–water partition coefficient (Wildman–Crippen LogP) is 4.59. The summed E-state index contributed by atoms with van der Waals surface area (Å²) in [6.45, 7) is 7.89. The molecule has 0 saturated heterocycles. The van der Waals surface area contributed by atoms with Crippen LogP contribution in [0.5, 0.6) is 5.75 Å². The van der Waals surface area contributed by atoms with Crippen molar-refractivity contribution in [1.29, 1.82) is 0 Å². The number of hydrogen-bond donors (Lipinski definition) is 0. The number of benzene rings is 2. The molecule has 142 valence electrons. The lowest BCUT2D eigenvalue weighted by molar-refractivity contribution is 0.164. The minimum absolute atomic E-state index is 0.361. The van der Waals surface area contributed by atoms with Crippen LogP contribution in [-0.4, -0.2) is 33.7 Å². The van der Waals surface area contributed by atoms with Gasteiger partial charge < -0.3 is 9.47 Å². The van der Waals surface area contributed by atoms with E-state index in [2.05, 4.69) is 52.9 Å². The van der Waals surface area contributed by atoms with Gasteiger partial charge in [0.15, 0.2) is 11.0 Å². The molecule has 0 amide bonds. The number of thioether (sulfide) groups is 1. The Labute approximate surface area is 164 Å². The summed E-state index contributed by atoms with van der Waals surface area (Å²) in [5.74, 6) is 2.52. The number of nitrogens with zero attached hydrogens (tertiary/aromatic N) is 3. The van der Waals surface area contributed by atoms with E-state index in [4.69, 9.17) is 9.47 Å². The zero-order valence-corrected chi connectivity index (χ0v) is 16.8. The largest absolute Gasteiger partial charge is 0.485 e. The first kappa shape index (κ1) is 19.5. The summed E-state index contributed by atoms with van der Waals surface area (Å²) in [6, 6.07) is 16.3. The third kappa shape index (κ3) is 4.90. The van der Waals surface area contributed by atoms with Gasteiger partial charge in [-0.05, 0) is 44.0 Å². The Morgan fingerprint density at radius 1 is 0.963 bits per heavy atom. The van der Waals surface area contributed by atoms with Crippen molar-refractivity contribution < 1.29 is 9.47 Å². The molecule has 0 radical (unpaired) electrons. The van der Waals surface area contributed by atoms with Gasteiger partial charge in [-0.2, -0.15) is 0 Å². The average Bonchev–Trinajstić information content (AvgIpc) is 3.08. The quantitative estimate of drug-likeness (QED) is 0.399. The minimum atomic E-state index is 0.361. The summed E-state index contributed by atoms with van der Waals surface area (Å²) >= 11 is 1.64. The van der Waals surface area contributed by atoms with Crippen LogP contribution in [0, 0.1) is 13.8 Å². The van der Waals surface area contributed by atoms with Crippen molar-refractivity contribution >= 4 is 11.8 Å². The van der Waals surface area contributed by atoms with Crippen molar-refractivity contribution in [3.63, 3.8) is 0 Å². The maximum absolute atomic E-state index is 6.11. The topological polar surface area (TPSA) is 49.2 Å². The van der Waals surface area contributed by atoms with Gasteiger partial charge in [-0.1, -0.05) is 48.2 Å². The molecule has 27 heavy (non-hydrogen) atoms. The van der Waals surface area contributed by atoms with Gasteiger partial charge in [-0.25, -0.2) is 0 Å². The van der Waals surface area contributed by atoms with Crippen LogP contribution in [0.1, 0.15) is 23.9 Å². The van der Waals surface area contributed by atoms with Crippen LogP contribution in [-0.2, 0) is 11.3 Å². The average molecular weight is 384 g/mol. The molecule has 1 aromatic heterocycles. The van der Waals surface area contributed by atoms with Crippen molar-refractivity contribution in [3.05, 3.63) is 65.5 Å². The van der Waals surface area contributed by atoms with Crippen LogP contribution in [0.2, 0.25) is 0 Å². The van der Waals surface area contributed by atoms with Gasteiger partial charge in [0.05, 0.1) is 6.61 Å². The van der Waals surface area contributed by atoms with E-state index in [1.165, 1.54) is 0 Å². The molecule has 3 rings (SSSR count). The van der Waals surface area contributed by atoms with E-state index < -0.39 is 0 Å². The van der Waals surface area contributed by atoms with Crippen molar-refractivity contribution in [3.8, 4) is 11.4 Å². The maximum atomic E-state index is 6.11. The highest BCUT2D eigenvalue weighted by Crippen LogP contribution is 2.26. The second-order valence-electron chi connectivity index (χ2n) is 6.12. The lowest BCUT2D eigenvalue weighted by atomic mass is 10.1. The Hall–Kier alpha value is -2.31. The Morgan fingerprint density at radius 2 is 1.70 bits per heavy atom. The molecule has 6 heteroatoms. The fourth-order valence-electron chi connectivity index (χ4n) is 2.82. The van der Waals surface area contributed by atoms with E-state index in [1.54, 1.807) is 11.8 Å². The van der Waals surface area contributed by atoms with E-state index in [9.17, 15) is 0 Å². The summed E-state index contributed by atoms with van der Waals surface area (Å²) in [6.07, 6.45) is 0. The fraction of sp³-hybridized carbons (Fsp3) is 0.333. The van der Waals surface area contributed by atoms with Crippen molar-refractivity contribution in [1.82, 2.24) is 14.8 Å². The molecule has 0 aliphatic carbocycles. The number of hydrogen-bond acceptors (Lipinski definition) is 5. The van der Waals surface area contributed by atoms with Gasteiger partial charge >= 0.3 is 0 Å². The molecule has 1 heterocycles. The molecule has 0 atom stereocenters. The van der Waals surface area contributed by atoms with Gasteiger partial charge in [0.25, 0.3) is 0 Å². The predicted molar refractivity (Wildman–Crippen MR) is 109 cm³/mol. The second kappa shape index (κ2) is 9.58. The highest BCUT2D eigenvalue weighted by molar-refractivity contribution is 7.99. The van der Waals surface area contributed by atoms with Crippen LogP contribution < -0.4 is 4.74 Å². The van der Waals surface area contributed by atoms with E-state index in [0.29, 0.717) is 13.2 Å². The monoisotopic (exact) mass is 383 g/mol. The van der Waals surface area contributed by atoms with Gasteiger partial charge in [-0.15, -0.1) is 10.2 Å². The SMILES string of the molecule is CCOCCSc1nnc(COc2c(C)cccc2C)n1-c1ccccc1. The first-order valence-corrected chi connectivity index (χ1v) is 10.1. The van der Waals surface area contributed by atoms with E-state index in [0.717, 1.165) is 45.9 Å². The summed E-state index contributed by atoms with van der Waals surface area (Å²) in [4.78, 5) is 0. The molecular weight excluding hydrogens is 358 g/mol. The Kier molecular flexibility index (Phi) is 6.90. The van der Waals surface area contributed by atoms with Crippen LogP contribution in [0.15, 0.2) is 53.7 Å². The number of ether oxygens (including phenoxy) is 2. The normalized spacial score (nSPS) is 10.9. The Bertz CT molecular complexity index is 845. The van der Waals surface area contributed by atoms with Gasteiger partial charge in [0.1, 0.15) is 12.4 Å². The smallest absolute Gasteiger partial charge is 0.196 e. The van der Waals surface area contributed by atoms with Crippen LogP contribution in [0.25, 0.3) is 5.69 Å². The second-order valence-corrected chi connectivity index (χ2v) is 7.19. The lowest BCUT2D eigenvalue weighted by Crippen LogP contribution is -2.08. The highest BCUT2D eigenvalue weighted by atomic mass is 32.2. The third-order valence-corrected chi connectivity index (χ3v) is 5.03. The molecule has 0 aliphatic heterocycles. The van der Waals surface area contributed by atoms with Crippen molar-refractivity contribution in [2.24, 2.45) is 0 Å².